The van der Waals surface area contributed by atoms with Crippen molar-refractivity contribution in [1.29, 1.82) is 0 Å². The number of ether oxygens (including phenoxy) is 1. The maximum atomic E-state index is 10.5. The Morgan fingerprint density at radius 3 is 2.67 bits per heavy atom. The van der Waals surface area contributed by atoms with Gasteiger partial charge in [0, 0.05) is 26.3 Å². The molecular formula is C14H19NO3. The van der Waals surface area contributed by atoms with E-state index in [9.17, 15) is 4.79 Å². The lowest BCUT2D eigenvalue weighted by molar-refractivity contribution is -0.131. The van der Waals surface area contributed by atoms with Crippen LogP contribution in [0, 0.1) is 0 Å². The van der Waals surface area contributed by atoms with Crippen molar-refractivity contribution in [3.63, 3.8) is 0 Å². The van der Waals surface area contributed by atoms with Gasteiger partial charge in [0.15, 0.2) is 0 Å². The molecule has 1 aromatic rings. The summed E-state index contributed by atoms with van der Waals surface area (Å²) in [5.74, 6) is -0.908. The molecule has 1 rings (SSSR count). The molecule has 18 heavy (non-hydrogen) atoms. The number of hydrogen-bond acceptors (Lipinski definition) is 3. The Morgan fingerprint density at radius 2 is 2.06 bits per heavy atom. The van der Waals surface area contributed by atoms with E-state index in [0.29, 0.717) is 19.7 Å². The Hall–Kier alpha value is -1.65. The van der Waals surface area contributed by atoms with Crippen LogP contribution < -0.4 is 5.32 Å². The molecule has 0 radical (unpaired) electrons. The van der Waals surface area contributed by atoms with Crippen LogP contribution in [0.3, 0.4) is 0 Å². The molecule has 2 N–H and O–H groups in total. The largest absolute Gasteiger partial charge is 0.478 e. The van der Waals surface area contributed by atoms with E-state index in [0.717, 1.165) is 11.1 Å². The topological polar surface area (TPSA) is 58.6 Å². The van der Waals surface area contributed by atoms with Crippen molar-refractivity contribution in [2.24, 2.45) is 0 Å². The number of carboxylic acid groups (broad SMARTS) is 1. The Bertz CT molecular complexity index is 427. The number of rotatable bonds is 7. The molecule has 4 nitrogen and oxygen atoms in total. The van der Waals surface area contributed by atoms with Crippen molar-refractivity contribution in [3.05, 3.63) is 47.0 Å². The molecule has 0 aliphatic carbocycles. The van der Waals surface area contributed by atoms with E-state index >= 15 is 0 Å². The number of hydrogen-bond donors (Lipinski definition) is 2. The first-order valence-corrected chi connectivity index (χ1v) is 5.80. The van der Waals surface area contributed by atoms with Gasteiger partial charge in [0.05, 0.1) is 6.61 Å². The Morgan fingerprint density at radius 1 is 1.39 bits per heavy atom. The fraction of sp³-hybridized carbons (Fsp3) is 0.357. The highest BCUT2D eigenvalue weighted by Crippen LogP contribution is 2.09. The van der Waals surface area contributed by atoms with E-state index in [1.165, 1.54) is 11.6 Å². The first-order valence-electron chi connectivity index (χ1n) is 5.80. The van der Waals surface area contributed by atoms with Crippen molar-refractivity contribution in [1.82, 2.24) is 5.32 Å². The maximum absolute atomic E-state index is 10.5. The number of carboxylic acids is 1. The lowest BCUT2D eigenvalue weighted by Gasteiger charge is -2.10. The predicted octanol–water partition coefficient (Wildman–Crippen LogP) is 1.95. The van der Waals surface area contributed by atoms with Gasteiger partial charge < -0.3 is 15.2 Å². The molecule has 0 fully saturated rings. The van der Waals surface area contributed by atoms with E-state index in [1.54, 1.807) is 14.0 Å². The normalized spacial score (nSPS) is 11.6. The highest BCUT2D eigenvalue weighted by Gasteiger charge is 2.01. The van der Waals surface area contributed by atoms with Gasteiger partial charge in [-0.25, -0.2) is 4.79 Å². The van der Waals surface area contributed by atoms with E-state index < -0.39 is 5.97 Å². The predicted molar refractivity (Wildman–Crippen MR) is 70.3 cm³/mol. The molecule has 0 amide bonds. The van der Waals surface area contributed by atoms with Gasteiger partial charge in [-0.15, -0.1) is 0 Å². The van der Waals surface area contributed by atoms with Gasteiger partial charge in [0.2, 0.25) is 0 Å². The molecule has 98 valence electrons. The zero-order chi connectivity index (χ0) is 13.4. The van der Waals surface area contributed by atoms with Crippen LogP contribution in [0.25, 0.3) is 0 Å². The maximum Gasteiger partial charge on any atom is 0.328 e. The third-order valence-corrected chi connectivity index (χ3v) is 2.51. The smallest absolute Gasteiger partial charge is 0.328 e. The van der Waals surface area contributed by atoms with Crippen LogP contribution >= 0.6 is 0 Å². The minimum absolute atomic E-state index is 0.563. The van der Waals surface area contributed by atoms with Crippen molar-refractivity contribution in [3.8, 4) is 0 Å². The average Bonchev–Trinajstić information content (AvgIpc) is 2.30. The first-order chi connectivity index (χ1) is 8.63. The quantitative estimate of drug-likeness (QED) is 0.725. The summed E-state index contributed by atoms with van der Waals surface area (Å²) in [4.78, 5) is 10.5. The summed E-state index contributed by atoms with van der Waals surface area (Å²) in [6, 6.07) is 8.03. The highest BCUT2D eigenvalue weighted by molar-refractivity contribution is 5.80. The summed E-state index contributed by atoms with van der Waals surface area (Å²) in [5, 5.41) is 11.8. The lowest BCUT2D eigenvalue weighted by Crippen LogP contribution is -2.17. The third-order valence-electron chi connectivity index (χ3n) is 2.51. The molecule has 0 aliphatic rings. The Kier molecular flexibility index (Phi) is 6.11. The minimum Gasteiger partial charge on any atom is -0.478 e. The van der Waals surface area contributed by atoms with Crippen molar-refractivity contribution < 1.29 is 14.6 Å². The van der Waals surface area contributed by atoms with Gasteiger partial charge in [-0.3, -0.25) is 0 Å². The van der Waals surface area contributed by atoms with Crippen LogP contribution in [0.4, 0.5) is 0 Å². The molecular weight excluding hydrogens is 230 g/mol. The van der Waals surface area contributed by atoms with Crippen LogP contribution in [0.2, 0.25) is 0 Å². The van der Waals surface area contributed by atoms with Crippen LogP contribution in [-0.2, 0) is 22.7 Å². The summed E-state index contributed by atoms with van der Waals surface area (Å²) in [6.07, 6.45) is 1.22. The van der Waals surface area contributed by atoms with Gasteiger partial charge >= 0.3 is 5.97 Å². The second-order valence-corrected chi connectivity index (χ2v) is 4.13. The van der Waals surface area contributed by atoms with Crippen LogP contribution in [-0.4, -0.2) is 24.7 Å². The molecule has 0 heterocycles. The standard InChI is InChI=1S/C14H19NO3/c1-11(7-14(16)17)8-15-9-12-5-3-4-6-13(12)10-18-2/h3-7,15H,8-10H2,1-2H3,(H,16,17)/b11-7+. The summed E-state index contributed by atoms with van der Waals surface area (Å²) >= 11 is 0. The van der Waals surface area contributed by atoms with Gasteiger partial charge in [-0.2, -0.15) is 0 Å². The summed E-state index contributed by atoms with van der Waals surface area (Å²) in [6.45, 7) is 3.64. The second kappa shape index (κ2) is 7.63. The van der Waals surface area contributed by atoms with Gasteiger partial charge in [-0.1, -0.05) is 29.8 Å². The lowest BCUT2D eigenvalue weighted by atomic mass is 10.1. The molecule has 0 bridgehead atoms. The van der Waals surface area contributed by atoms with Crippen molar-refractivity contribution >= 4 is 5.97 Å². The average molecular weight is 249 g/mol. The molecule has 0 atom stereocenters. The molecule has 0 aliphatic heterocycles. The van der Waals surface area contributed by atoms with Crippen LogP contribution in [0.1, 0.15) is 18.1 Å². The molecule has 0 saturated carbocycles. The number of methoxy groups -OCH3 is 1. The summed E-state index contributed by atoms with van der Waals surface area (Å²) < 4.78 is 5.13. The second-order valence-electron chi connectivity index (χ2n) is 4.13. The van der Waals surface area contributed by atoms with Crippen molar-refractivity contribution in [2.45, 2.75) is 20.1 Å². The Labute approximate surface area is 107 Å². The minimum atomic E-state index is -0.908. The summed E-state index contributed by atoms with van der Waals surface area (Å²) in [5.41, 5.74) is 3.11. The molecule has 0 unspecified atom stereocenters. The SMILES string of the molecule is COCc1ccccc1CNC/C(C)=C/C(=O)O. The van der Waals surface area contributed by atoms with E-state index in [1.807, 2.05) is 24.3 Å². The molecule has 4 heteroatoms. The van der Waals surface area contributed by atoms with Gasteiger partial charge in [-0.05, 0) is 18.1 Å². The third kappa shape index (κ3) is 5.12. The zero-order valence-electron chi connectivity index (χ0n) is 10.8. The Balaban J connectivity index is 2.51. The number of nitrogens with one attached hydrogen (secondary N) is 1. The van der Waals surface area contributed by atoms with Gasteiger partial charge in [0.1, 0.15) is 0 Å². The van der Waals surface area contributed by atoms with E-state index in [-0.39, 0.29) is 0 Å². The fourth-order valence-electron chi connectivity index (χ4n) is 1.68. The molecule has 0 saturated heterocycles. The molecule has 0 aromatic heterocycles. The van der Waals surface area contributed by atoms with E-state index in [2.05, 4.69) is 5.32 Å². The first kappa shape index (κ1) is 14.4. The van der Waals surface area contributed by atoms with Crippen LogP contribution in [0.5, 0.6) is 0 Å². The molecule has 0 spiro atoms. The number of carbonyl (C=O) groups is 1. The van der Waals surface area contributed by atoms with Crippen molar-refractivity contribution in [2.75, 3.05) is 13.7 Å². The monoisotopic (exact) mass is 249 g/mol. The summed E-state index contributed by atoms with van der Waals surface area (Å²) in [7, 11) is 1.67. The highest BCUT2D eigenvalue weighted by atomic mass is 16.5. The molecule has 1 aromatic carbocycles. The number of aliphatic carboxylic acids is 1. The number of benzene rings is 1. The van der Waals surface area contributed by atoms with Crippen LogP contribution in [0.15, 0.2) is 35.9 Å². The zero-order valence-corrected chi connectivity index (χ0v) is 10.8. The fourth-order valence-corrected chi connectivity index (χ4v) is 1.68. The van der Waals surface area contributed by atoms with E-state index in [4.69, 9.17) is 9.84 Å². The van der Waals surface area contributed by atoms with Gasteiger partial charge in [0.25, 0.3) is 0 Å².